The zero-order chi connectivity index (χ0) is 14.0. The van der Waals surface area contributed by atoms with Crippen LogP contribution in [0.15, 0.2) is 0 Å². The van der Waals surface area contributed by atoms with Crippen LogP contribution >= 0.6 is 0 Å². The van der Waals surface area contributed by atoms with Gasteiger partial charge in [-0.15, -0.1) is 0 Å². The second-order valence-electron chi connectivity index (χ2n) is 6.21. The third kappa shape index (κ3) is 3.29. The van der Waals surface area contributed by atoms with Gasteiger partial charge in [0.25, 0.3) is 10.2 Å². The minimum atomic E-state index is -3.41. The van der Waals surface area contributed by atoms with Gasteiger partial charge in [-0.3, -0.25) is 0 Å². The summed E-state index contributed by atoms with van der Waals surface area (Å²) in [4.78, 5) is 0. The Morgan fingerprint density at radius 2 is 1.79 bits per heavy atom. The number of aliphatic hydroxyl groups excluding tert-OH is 1. The summed E-state index contributed by atoms with van der Waals surface area (Å²) in [7, 11) is -3.41. The standard InChI is InChI=1S/C13H26N2O3S/c1-11-7-12(2)9-14(8-11)19(17,18)15-6-4-3-5-13(15)10-16/h11-13,16H,3-10H2,1-2H3. The van der Waals surface area contributed by atoms with Gasteiger partial charge in [-0.1, -0.05) is 20.3 Å². The zero-order valence-electron chi connectivity index (χ0n) is 12.0. The molecule has 0 aliphatic carbocycles. The topological polar surface area (TPSA) is 60.9 Å². The van der Waals surface area contributed by atoms with Crippen LogP contribution in [-0.2, 0) is 10.2 Å². The van der Waals surface area contributed by atoms with E-state index >= 15 is 0 Å². The van der Waals surface area contributed by atoms with E-state index in [0.717, 1.165) is 25.7 Å². The molecule has 2 fully saturated rings. The molecule has 2 saturated heterocycles. The lowest BCUT2D eigenvalue weighted by Crippen LogP contribution is -2.54. The third-order valence-electron chi connectivity index (χ3n) is 4.24. The van der Waals surface area contributed by atoms with E-state index < -0.39 is 10.2 Å². The number of rotatable bonds is 3. The van der Waals surface area contributed by atoms with Crippen molar-refractivity contribution in [2.75, 3.05) is 26.2 Å². The van der Waals surface area contributed by atoms with Crippen LogP contribution in [0.4, 0.5) is 0 Å². The lowest BCUT2D eigenvalue weighted by atomic mass is 9.94. The van der Waals surface area contributed by atoms with Crippen molar-refractivity contribution < 1.29 is 13.5 Å². The number of piperidine rings is 2. The highest BCUT2D eigenvalue weighted by Crippen LogP contribution is 2.28. The molecule has 3 atom stereocenters. The van der Waals surface area contributed by atoms with Crippen LogP contribution in [0.25, 0.3) is 0 Å². The molecule has 5 nitrogen and oxygen atoms in total. The maximum absolute atomic E-state index is 12.7. The van der Waals surface area contributed by atoms with Gasteiger partial charge in [0.1, 0.15) is 0 Å². The highest BCUT2D eigenvalue weighted by Gasteiger charge is 2.38. The SMILES string of the molecule is CC1CC(C)CN(S(=O)(=O)N2CCCCC2CO)C1. The first kappa shape index (κ1) is 15.2. The third-order valence-corrected chi connectivity index (χ3v) is 6.27. The van der Waals surface area contributed by atoms with E-state index in [1.54, 1.807) is 4.31 Å². The summed E-state index contributed by atoms with van der Waals surface area (Å²) in [6, 6.07) is -0.230. The summed E-state index contributed by atoms with van der Waals surface area (Å²) in [6.45, 7) is 5.92. The van der Waals surface area contributed by atoms with Gasteiger partial charge in [0.05, 0.1) is 6.61 Å². The second-order valence-corrected chi connectivity index (χ2v) is 8.09. The minimum absolute atomic E-state index is 0.0713. The van der Waals surface area contributed by atoms with Crippen LogP contribution in [0, 0.1) is 11.8 Å². The van der Waals surface area contributed by atoms with E-state index in [-0.39, 0.29) is 12.6 Å². The van der Waals surface area contributed by atoms with Crippen molar-refractivity contribution in [3.63, 3.8) is 0 Å². The van der Waals surface area contributed by atoms with Crippen LogP contribution < -0.4 is 0 Å². The van der Waals surface area contributed by atoms with Crippen molar-refractivity contribution in [3.8, 4) is 0 Å². The fourth-order valence-electron chi connectivity index (χ4n) is 3.40. The van der Waals surface area contributed by atoms with Crippen molar-refractivity contribution in [2.24, 2.45) is 11.8 Å². The lowest BCUT2D eigenvalue weighted by Gasteiger charge is -2.41. The molecule has 0 saturated carbocycles. The number of hydrogen-bond donors (Lipinski definition) is 1. The Morgan fingerprint density at radius 1 is 1.16 bits per heavy atom. The number of aliphatic hydroxyl groups is 1. The molecule has 0 bridgehead atoms. The van der Waals surface area contributed by atoms with E-state index in [0.29, 0.717) is 31.5 Å². The first-order valence-electron chi connectivity index (χ1n) is 7.33. The van der Waals surface area contributed by atoms with Crippen molar-refractivity contribution in [1.29, 1.82) is 0 Å². The Morgan fingerprint density at radius 3 is 2.37 bits per heavy atom. The quantitative estimate of drug-likeness (QED) is 0.845. The fourth-order valence-corrected chi connectivity index (χ4v) is 5.49. The molecule has 0 aromatic rings. The Labute approximate surface area is 116 Å². The Bertz CT molecular complexity index is 389. The molecule has 0 spiro atoms. The van der Waals surface area contributed by atoms with Gasteiger partial charge < -0.3 is 5.11 Å². The molecule has 2 aliphatic heterocycles. The molecule has 6 heteroatoms. The first-order chi connectivity index (χ1) is 8.95. The summed E-state index contributed by atoms with van der Waals surface area (Å²) < 4.78 is 28.6. The highest BCUT2D eigenvalue weighted by atomic mass is 32.2. The molecule has 0 radical (unpaired) electrons. The van der Waals surface area contributed by atoms with E-state index in [1.807, 2.05) is 0 Å². The lowest BCUT2D eigenvalue weighted by molar-refractivity contribution is 0.138. The average molecular weight is 290 g/mol. The fraction of sp³-hybridized carbons (Fsp3) is 1.00. The smallest absolute Gasteiger partial charge is 0.282 e. The monoisotopic (exact) mass is 290 g/mol. The van der Waals surface area contributed by atoms with Gasteiger partial charge in [-0.2, -0.15) is 17.0 Å². The Balaban J connectivity index is 2.16. The van der Waals surface area contributed by atoms with Gasteiger partial charge in [-0.25, -0.2) is 0 Å². The van der Waals surface area contributed by atoms with Gasteiger partial charge >= 0.3 is 0 Å². The van der Waals surface area contributed by atoms with Gasteiger partial charge in [0, 0.05) is 25.7 Å². The molecule has 0 amide bonds. The average Bonchev–Trinajstić information content (AvgIpc) is 2.37. The summed E-state index contributed by atoms with van der Waals surface area (Å²) in [5.41, 5.74) is 0. The van der Waals surface area contributed by atoms with Crippen LogP contribution in [0.5, 0.6) is 0 Å². The molecular formula is C13H26N2O3S. The van der Waals surface area contributed by atoms with Gasteiger partial charge in [-0.05, 0) is 31.1 Å². The van der Waals surface area contributed by atoms with Gasteiger partial charge in [0.15, 0.2) is 0 Å². The van der Waals surface area contributed by atoms with Crippen LogP contribution in [0.1, 0.15) is 39.5 Å². The molecular weight excluding hydrogens is 264 g/mol. The molecule has 2 aliphatic rings. The number of nitrogens with zero attached hydrogens (tertiary/aromatic N) is 2. The molecule has 0 aromatic heterocycles. The Hall–Kier alpha value is -0.170. The number of hydrogen-bond acceptors (Lipinski definition) is 3. The predicted octanol–water partition coefficient (Wildman–Crippen LogP) is 1.06. The van der Waals surface area contributed by atoms with E-state index in [4.69, 9.17) is 0 Å². The van der Waals surface area contributed by atoms with Crippen LogP contribution in [-0.4, -0.2) is 54.4 Å². The zero-order valence-corrected chi connectivity index (χ0v) is 12.8. The van der Waals surface area contributed by atoms with Crippen LogP contribution in [0.3, 0.4) is 0 Å². The molecule has 112 valence electrons. The van der Waals surface area contributed by atoms with Crippen molar-refractivity contribution in [3.05, 3.63) is 0 Å². The highest BCUT2D eigenvalue weighted by molar-refractivity contribution is 7.86. The molecule has 2 rings (SSSR count). The largest absolute Gasteiger partial charge is 0.395 e. The summed E-state index contributed by atoms with van der Waals surface area (Å²) in [6.07, 6.45) is 3.77. The molecule has 1 N–H and O–H groups in total. The molecule has 0 aromatic carbocycles. The van der Waals surface area contributed by atoms with Gasteiger partial charge in [0.2, 0.25) is 0 Å². The summed E-state index contributed by atoms with van der Waals surface area (Å²) >= 11 is 0. The van der Waals surface area contributed by atoms with E-state index in [9.17, 15) is 13.5 Å². The second kappa shape index (κ2) is 6.08. The van der Waals surface area contributed by atoms with E-state index in [1.165, 1.54) is 4.31 Å². The summed E-state index contributed by atoms with van der Waals surface area (Å²) in [5.74, 6) is 0.826. The molecule has 3 unspecified atom stereocenters. The first-order valence-corrected chi connectivity index (χ1v) is 8.72. The van der Waals surface area contributed by atoms with Crippen molar-refractivity contribution in [1.82, 2.24) is 8.61 Å². The van der Waals surface area contributed by atoms with E-state index in [2.05, 4.69) is 13.8 Å². The van der Waals surface area contributed by atoms with Crippen molar-refractivity contribution >= 4 is 10.2 Å². The predicted molar refractivity (Wildman–Crippen MR) is 74.9 cm³/mol. The summed E-state index contributed by atoms with van der Waals surface area (Å²) in [5, 5.41) is 9.40. The molecule has 19 heavy (non-hydrogen) atoms. The normalized spacial score (nSPS) is 35.4. The maximum atomic E-state index is 12.7. The maximum Gasteiger partial charge on any atom is 0.282 e. The van der Waals surface area contributed by atoms with Crippen LogP contribution in [0.2, 0.25) is 0 Å². The van der Waals surface area contributed by atoms with Crippen molar-refractivity contribution in [2.45, 2.75) is 45.6 Å². The molecule has 2 heterocycles. The minimum Gasteiger partial charge on any atom is -0.395 e. The Kier molecular flexibility index (Phi) is 4.87.